The van der Waals surface area contributed by atoms with E-state index in [1.807, 2.05) is 36.4 Å². The van der Waals surface area contributed by atoms with E-state index in [4.69, 9.17) is 14.6 Å². The molecule has 3 heterocycles. The van der Waals surface area contributed by atoms with Crippen molar-refractivity contribution in [3.05, 3.63) is 59.9 Å². The Balaban J connectivity index is 1.37. The maximum absolute atomic E-state index is 11.2. The molecule has 0 saturated carbocycles. The minimum absolute atomic E-state index is 0.208. The molecule has 27 heavy (non-hydrogen) atoms. The highest BCUT2D eigenvalue weighted by Crippen LogP contribution is 2.31. The number of para-hydroxylation sites is 1. The van der Waals surface area contributed by atoms with Gasteiger partial charge in [-0.2, -0.15) is 5.10 Å². The zero-order valence-corrected chi connectivity index (χ0v) is 14.6. The Morgan fingerprint density at radius 3 is 2.96 bits per heavy atom. The van der Waals surface area contributed by atoms with Crippen LogP contribution in [0.1, 0.15) is 11.1 Å². The number of rotatable bonds is 6. The van der Waals surface area contributed by atoms with Gasteiger partial charge in [-0.05, 0) is 35.7 Å². The fraction of sp³-hybridized carbons (Fsp3) is 0.250. The highest BCUT2D eigenvalue weighted by molar-refractivity contribution is 5.71. The number of aliphatic carboxylic acids is 1. The van der Waals surface area contributed by atoms with Crippen LogP contribution >= 0.6 is 0 Å². The van der Waals surface area contributed by atoms with Crippen molar-refractivity contribution >= 4 is 5.97 Å². The summed E-state index contributed by atoms with van der Waals surface area (Å²) in [4.78, 5) is 15.5. The van der Waals surface area contributed by atoms with E-state index in [0.717, 1.165) is 28.3 Å². The molecule has 138 valence electrons. The van der Waals surface area contributed by atoms with Crippen molar-refractivity contribution in [2.45, 2.75) is 12.8 Å². The minimum atomic E-state index is -0.819. The van der Waals surface area contributed by atoms with Crippen LogP contribution < -0.4 is 9.47 Å². The fourth-order valence-corrected chi connectivity index (χ4v) is 3.15. The predicted molar refractivity (Wildman–Crippen MR) is 97.8 cm³/mol. The largest absolute Gasteiger partial charge is 0.492 e. The van der Waals surface area contributed by atoms with Crippen molar-refractivity contribution in [3.8, 4) is 22.9 Å². The van der Waals surface area contributed by atoms with Crippen LogP contribution in [0.4, 0.5) is 0 Å². The van der Waals surface area contributed by atoms with Crippen molar-refractivity contribution in [1.82, 2.24) is 15.2 Å². The molecule has 0 fully saturated rings. The zero-order valence-electron chi connectivity index (χ0n) is 14.6. The van der Waals surface area contributed by atoms with Crippen molar-refractivity contribution in [3.63, 3.8) is 0 Å². The van der Waals surface area contributed by atoms with Gasteiger partial charge in [-0.15, -0.1) is 0 Å². The molecule has 0 bridgehead atoms. The number of aromatic nitrogens is 3. The molecular weight excluding hydrogens is 346 g/mol. The fourth-order valence-electron chi connectivity index (χ4n) is 3.15. The number of hydrogen-bond acceptors (Lipinski definition) is 5. The first-order valence-corrected chi connectivity index (χ1v) is 8.75. The van der Waals surface area contributed by atoms with Crippen LogP contribution in [-0.4, -0.2) is 39.5 Å². The Bertz CT molecular complexity index is 923. The van der Waals surface area contributed by atoms with Crippen LogP contribution in [0.5, 0.6) is 11.5 Å². The van der Waals surface area contributed by atoms with Crippen LogP contribution in [0.15, 0.2) is 48.8 Å². The van der Waals surface area contributed by atoms with Gasteiger partial charge in [0.15, 0.2) is 0 Å². The molecule has 1 aromatic carbocycles. The number of carboxylic acid groups (broad SMARTS) is 1. The number of H-pyrrole nitrogens is 1. The number of carboxylic acids is 1. The molecule has 0 radical (unpaired) electrons. The summed E-state index contributed by atoms with van der Waals surface area (Å²) < 4.78 is 11.5. The van der Waals surface area contributed by atoms with Crippen LogP contribution in [0.2, 0.25) is 0 Å². The highest BCUT2D eigenvalue weighted by atomic mass is 16.5. The molecule has 0 aliphatic carbocycles. The first-order valence-electron chi connectivity index (χ1n) is 8.75. The summed E-state index contributed by atoms with van der Waals surface area (Å²) in [6.07, 6.45) is 4.54. The third kappa shape index (κ3) is 3.76. The first-order chi connectivity index (χ1) is 13.2. The van der Waals surface area contributed by atoms with Crippen LogP contribution in [-0.2, 0) is 17.6 Å². The average molecular weight is 365 g/mol. The number of benzene rings is 1. The monoisotopic (exact) mass is 365 g/mol. The number of nitrogens with one attached hydrogen (secondary N) is 1. The summed E-state index contributed by atoms with van der Waals surface area (Å²) in [6.45, 7) is 0.687. The van der Waals surface area contributed by atoms with Gasteiger partial charge in [0.2, 0.25) is 0 Å². The summed E-state index contributed by atoms with van der Waals surface area (Å²) in [6, 6.07) is 11.5. The molecule has 4 rings (SSSR count). The number of ether oxygens (including phenoxy) is 2. The van der Waals surface area contributed by atoms with E-state index < -0.39 is 11.9 Å². The minimum Gasteiger partial charge on any atom is -0.492 e. The van der Waals surface area contributed by atoms with Gasteiger partial charge in [0, 0.05) is 12.6 Å². The third-order valence-electron chi connectivity index (χ3n) is 4.58. The van der Waals surface area contributed by atoms with Gasteiger partial charge >= 0.3 is 5.97 Å². The van der Waals surface area contributed by atoms with Gasteiger partial charge in [0.25, 0.3) is 0 Å². The maximum Gasteiger partial charge on any atom is 0.310 e. The van der Waals surface area contributed by atoms with Crippen LogP contribution in [0.3, 0.4) is 0 Å². The number of fused-ring (bicyclic) bond motifs is 1. The average Bonchev–Trinajstić information content (AvgIpc) is 3.23. The van der Waals surface area contributed by atoms with Crippen molar-refractivity contribution in [1.29, 1.82) is 0 Å². The molecule has 0 spiro atoms. The molecule has 0 saturated heterocycles. The van der Waals surface area contributed by atoms with Gasteiger partial charge < -0.3 is 14.6 Å². The van der Waals surface area contributed by atoms with E-state index in [0.29, 0.717) is 25.2 Å². The molecule has 1 atom stereocenters. The van der Waals surface area contributed by atoms with E-state index in [1.165, 1.54) is 0 Å². The van der Waals surface area contributed by atoms with Gasteiger partial charge in [0.05, 0.1) is 30.1 Å². The molecule has 1 aliphatic rings. The quantitative estimate of drug-likeness (QED) is 0.697. The second-order valence-electron chi connectivity index (χ2n) is 6.40. The van der Waals surface area contributed by atoms with Gasteiger partial charge in [-0.1, -0.05) is 18.2 Å². The van der Waals surface area contributed by atoms with Crippen molar-refractivity contribution in [2.24, 2.45) is 5.92 Å². The second kappa shape index (κ2) is 7.49. The molecular formula is C20H19N3O4. The lowest BCUT2D eigenvalue weighted by molar-refractivity contribution is -0.143. The third-order valence-corrected chi connectivity index (χ3v) is 4.58. The first kappa shape index (κ1) is 17.1. The standard InChI is InChI=1S/C20H19N3O4/c24-20(25)15-10-14-3-1-2-13(19(14)27-12-15)7-9-26-16-4-5-17(21-11-16)18-6-8-22-23-18/h1-6,8,11,15H,7,9-10,12H2,(H,22,23)(H,24,25). The summed E-state index contributed by atoms with van der Waals surface area (Å²) in [5.74, 6) is 0.185. The van der Waals surface area contributed by atoms with Crippen LogP contribution in [0.25, 0.3) is 11.4 Å². The Kier molecular flexibility index (Phi) is 4.74. The smallest absolute Gasteiger partial charge is 0.310 e. The highest BCUT2D eigenvalue weighted by Gasteiger charge is 2.26. The molecule has 1 unspecified atom stereocenters. The zero-order chi connectivity index (χ0) is 18.6. The van der Waals surface area contributed by atoms with Gasteiger partial charge in [0.1, 0.15) is 18.1 Å². The molecule has 0 amide bonds. The van der Waals surface area contributed by atoms with E-state index >= 15 is 0 Å². The van der Waals surface area contributed by atoms with Gasteiger partial charge in [-0.25, -0.2) is 0 Å². The van der Waals surface area contributed by atoms with E-state index in [1.54, 1.807) is 12.4 Å². The van der Waals surface area contributed by atoms with Crippen molar-refractivity contribution in [2.75, 3.05) is 13.2 Å². The maximum atomic E-state index is 11.2. The van der Waals surface area contributed by atoms with Crippen LogP contribution in [0, 0.1) is 5.92 Å². The topological polar surface area (TPSA) is 97.3 Å². The number of hydrogen-bond donors (Lipinski definition) is 2. The Hall–Kier alpha value is -3.35. The molecule has 7 heteroatoms. The Morgan fingerprint density at radius 1 is 1.30 bits per heavy atom. The van der Waals surface area contributed by atoms with Crippen molar-refractivity contribution < 1.29 is 19.4 Å². The summed E-state index contributed by atoms with van der Waals surface area (Å²) in [7, 11) is 0. The number of pyridine rings is 1. The lowest BCUT2D eigenvalue weighted by Gasteiger charge is -2.24. The second-order valence-corrected chi connectivity index (χ2v) is 6.40. The Labute approximate surface area is 156 Å². The normalized spacial score (nSPS) is 15.6. The molecule has 7 nitrogen and oxygen atoms in total. The SMILES string of the molecule is O=C(O)C1COc2c(CCOc3ccc(-c4ccn[nH]4)nc3)cccc2C1. The predicted octanol–water partition coefficient (Wildman–Crippen LogP) is 2.73. The Morgan fingerprint density at radius 2 is 2.22 bits per heavy atom. The molecule has 1 aliphatic heterocycles. The summed E-state index contributed by atoms with van der Waals surface area (Å²) in [5.41, 5.74) is 3.63. The number of nitrogens with zero attached hydrogens (tertiary/aromatic N) is 2. The van der Waals surface area contributed by atoms with E-state index in [-0.39, 0.29) is 6.61 Å². The summed E-state index contributed by atoms with van der Waals surface area (Å²) >= 11 is 0. The van der Waals surface area contributed by atoms with E-state index in [9.17, 15) is 4.79 Å². The molecule has 3 aromatic rings. The number of carbonyl (C=O) groups is 1. The molecule has 2 aromatic heterocycles. The van der Waals surface area contributed by atoms with Gasteiger partial charge in [-0.3, -0.25) is 14.9 Å². The summed E-state index contributed by atoms with van der Waals surface area (Å²) in [5, 5.41) is 16.0. The number of aromatic amines is 1. The lowest BCUT2D eigenvalue weighted by atomic mass is 9.94. The lowest BCUT2D eigenvalue weighted by Crippen LogP contribution is -2.28. The van der Waals surface area contributed by atoms with E-state index in [2.05, 4.69) is 15.2 Å². The molecule has 2 N–H and O–H groups in total.